The van der Waals surface area contributed by atoms with Gasteiger partial charge in [0.25, 0.3) is 5.56 Å². The van der Waals surface area contributed by atoms with Crippen molar-refractivity contribution in [1.29, 1.82) is 0 Å². The Labute approximate surface area is 210 Å². The molecule has 0 bridgehead atoms. The number of hydrogen-bond donors (Lipinski definition) is 1. The van der Waals surface area contributed by atoms with Gasteiger partial charge >= 0.3 is 7.60 Å². The molecule has 0 amide bonds. The zero-order valence-electron chi connectivity index (χ0n) is 21.1. The summed E-state index contributed by atoms with van der Waals surface area (Å²) in [6.45, 7) is 7.37. The van der Waals surface area contributed by atoms with Crippen molar-refractivity contribution < 1.29 is 18.3 Å². The molecule has 0 spiro atoms. The maximum absolute atomic E-state index is 13.8. The van der Waals surface area contributed by atoms with E-state index in [0.717, 1.165) is 5.39 Å². The molecule has 1 fully saturated rings. The number of hydrogen-bond acceptors (Lipinski definition) is 10. The van der Waals surface area contributed by atoms with Gasteiger partial charge in [-0.2, -0.15) is 4.98 Å². The Morgan fingerprint density at radius 1 is 1.14 bits per heavy atom. The van der Waals surface area contributed by atoms with E-state index in [1.165, 1.54) is 0 Å². The van der Waals surface area contributed by atoms with E-state index in [9.17, 15) is 9.36 Å². The molecule has 0 aromatic carbocycles. The van der Waals surface area contributed by atoms with Crippen LogP contribution in [0.25, 0.3) is 22.2 Å². The lowest BCUT2D eigenvalue weighted by Crippen LogP contribution is -2.39. The highest BCUT2D eigenvalue weighted by molar-refractivity contribution is 7.53. The van der Waals surface area contributed by atoms with Crippen LogP contribution in [0.4, 0.5) is 5.95 Å². The highest BCUT2D eigenvalue weighted by Gasteiger charge is 2.31. The molecule has 1 saturated heterocycles. The molecular formula is C24H33N6O5P. The van der Waals surface area contributed by atoms with Gasteiger partial charge in [-0.3, -0.25) is 18.8 Å². The summed E-state index contributed by atoms with van der Waals surface area (Å²) in [6, 6.07) is 5.23. The number of ether oxygens (including phenoxy) is 1. The molecule has 0 unspecified atom stereocenters. The molecule has 0 saturated carbocycles. The molecule has 3 aromatic heterocycles. The molecule has 4 rings (SSSR count). The number of fused-ring (bicyclic) bond motifs is 1. The van der Waals surface area contributed by atoms with Crippen LogP contribution in [0.3, 0.4) is 0 Å². The number of nitrogens with two attached hydrogens (primary N) is 1. The molecule has 4 heterocycles. The number of nitrogens with zero attached hydrogens (tertiary/aromatic N) is 5. The average Bonchev–Trinajstić information content (AvgIpc) is 2.85. The van der Waals surface area contributed by atoms with Gasteiger partial charge in [0.05, 0.1) is 26.0 Å². The van der Waals surface area contributed by atoms with Gasteiger partial charge in [0.15, 0.2) is 0 Å². The Kier molecular flexibility index (Phi) is 8.04. The van der Waals surface area contributed by atoms with E-state index < -0.39 is 7.60 Å². The molecule has 1 aliphatic heterocycles. The Bertz CT molecular complexity index is 1310. The Balaban J connectivity index is 1.70. The normalized spacial score (nSPS) is 15.4. The summed E-state index contributed by atoms with van der Waals surface area (Å²) in [7, 11) is -1.65. The van der Waals surface area contributed by atoms with Crippen molar-refractivity contribution >= 4 is 24.6 Å². The maximum Gasteiger partial charge on any atom is 0.344 e. The number of pyridine rings is 2. The predicted molar refractivity (Wildman–Crippen MR) is 138 cm³/mol. The summed E-state index contributed by atoms with van der Waals surface area (Å²) >= 11 is 0. The van der Waals surface area contributed by atoms with Crippen LogP contribution in [-0.4, -0.2) is 64.1 Å². The fourth-order valence-electron chi connectivity index (χ4n) is 4.65. The van der Waals surface area contributed by atoms with E-state index in [-0.39, 0.29) is 23.8 Å². The fraction of sp³-hybridized carbons (Fsp3) is 0.500. The van der Waals surface area contributed by atoms with Crippen molar-refractivity contribution in [3.05, 3.63) is 40.4 Å². The van der Waals surface area contributed by atoms with E-state index in [0.29, 0.717) is 67.5 Å². The third-order valence-electron chi connectivity index (χ3n) is 6.30. The third kappa shape index (κ3) is 5.44. The van der Waals surface area contributed by atoms with Gasteiger partial charge < -0.3 is 19.5 Å². The molecule has 11 nitrogen and oxygen atoms in total. The second-order valence-corrected chi connectivity index (χ2v) is 10.7. The topological polar surface area (TPSA) is 135 Å². The van der Waals surface area contributed by atoms with Crippen LogP contribution < -0.4 is 16.0 Å². The van der Waals surface area contributed by atoms with Crippen LogP contribution in [0.5, 0.6) is 5.88 Å². The first-order valence-electron chi connectivity index (χ1n) is 12.1. The molecular weight excluding hydrogens is 483 g/mol. The second-order valence-electron chi connectivity index (χ2n) is 8.66. The quantitative estimate of drug-likeness (QED) is 0.420. The lowest BCUT2D eigenvalue weighted by atomic mass is 10.0. The predicted octanol–water partition coefficient (Wildman–Crippen LogP) is 3.61. The number of anilines is 1. The molecule has 0 radical (unpaired) electrons. The molecule has 3 aromatic rings. The first-order chi connectivity index (χ1) is 17.3. The van der Waals surface area contributed by atoms with Gasteiger partial charge in [0.2, 0.25) is 11.8 Å². The highest BCUT2D eigenvalue weighted by Crippen LogP contribution is 2.49. The minimum atomic E-state index is -3.19. The van der Waals surface area contributed by atoms with Gasteiger partial charge in [0, 0.05) is 47.9 Å². The van der Waals surface area contributed by atoms with Crippen molar-refractivity contribution in [3.63, 3.8) is 0 Å². The average molecular weight is 517 g/mol. The van der Waals surface area contributed by atoms with Gasteiger partial charge in [-0.15, -0.1) is 0 Å². The standard InChI is InChI=1S/C24H33N6O5P/c1-5-34-36(32,35-6-2)15-29-11-9-18(10-12-29)30-22-19(16(3)27-24(25)28-22)13-20(23(30)31)17-7-8-21(33-4)26-14-17/h7-8,13-14,18H,5-6,9-12,15H2,1-4H3,(H2,25,27,28). The summed E-state index contributed by atoms with van der Waals surface area (Å²) < 4.78 is 30.8. The summed E-state index contributed by atoms with van der Waals surface area (Å²) in [4.78, 5) is 29.0. The van der Waals surface area contributed by atoms with Gasteiger partial charge in [-0.1, -0.05) is 0 Å². The first-order valence-corrected chi connectivity index (χ1v) is 13.8. The van der Waals surface area contributed by atoms with Crippen molar-refractivity contribution in [2.24, 2.45) is 0 Å². The van der Waals surface area contributed by atoms with E-state index in [2.05, 4.69) is 19.9 Å². The first kappa shape index (κ1) is 26.2. The molecule has 0 atom stereocenters. The monoisotopic (exact) mass is 516 g/mol. The molecule has 0 aliphatic carbocycles. The maximum atomic E-state index is 13.8. The third-order valence-corrected chi connectivity index (χ3v) is 8.35. The van der Waals surface area contributed by atoms with Crippen LogP contribution >= 0.6 is 7.60 Å². The van der Waals surface area contributed by atoms with E-state index >= 15 is 0 Å². The van der Waals surface area contributed by atoms with Crippen molar-refractivity contribution in [1.82, 2.24) is 24.4 Å². The summed E-state index contributed by atoms with van der Waals surface area (Å²) in [5, 5.41) is 0.759. The highest BCUT2D eigenvalue weighted by atomic mass is 31.2. The molecule has 194 valence electrons. The van der Waals surface area contributed by atoms with Crippen LogP contribution in [0.15, 0.2) is 29.2 Å². The van der Waals surface area contributed by atoms with Crippen LogP contribution in [0, 0.1) is 6.92 Å². The zero-order chi connectivity index (χ0) is 25.9. The lowest BCUT2D eigenvalue weighted by Gasteiger charge is -2.34. The van der Waals surface area contributed by atoms with Crippen molar-refractivity contribution in [3.8, 4) is 17.0 Å². The van der Waals surface area contributed by atoms with Crippen LogP contribution in [0.2, 0.25) is 0 Å². The number of methoxy groups -OCH3 is 1. The van der Waals surface area contributed by atoms with Gasteiger partial charge in [0.1, 0.15) is 11.9 Å². The number of aromatic nitrogens is 4. The number of aryl methyl sites for hydroxylation is 1. The number of nitrogen functional groups attached to an aromatic ring is 1. The minimum absolute atomic E-state index is 0.116. The van der Waals surface area contributed by atoms with E-state index in [1.807, 2.05) is 19.1 Å². The molecule has 36 heavy (non-hydrogen) atoms. The van der Waals surface area contributed by atoms with Crippen LogP contribution in [-0.2, 0) is 13.6 Å². The van der Waals surface area contributed by atoms with Gasteiger partial charge in [-0.05, 0) is 45.7 Å². The molecule has 1 aliphatic rings. The number of piperidine rings is 1. The SMILES string of the molecule is CCOP(=O)(CN1CCC(n2c(=O)c(-c3ccc(OC)nc3)cc3c(C)nc(N)nc32)CC1)OCC. The zero-order valence-corrected chi connectivity index (χ0v) is 22.0. The number of rotatable bonds is 9. The van der Waals surface area contributed by atoms with Crippen molar-refractivity contribution in [2.45, 2.75) is 39.7 Å². The van der Waals surface area contributed by atoms with E-state index in [4.69, 9.17) is 19.5 Å². The Morgan fingerprint density at radius 3 is 2.42 bits per heavy atom. The minimum Gasteiger partial charge on any atom is -0.481 e. The van der Waals surface area contributed by atoms with E-state index in [1.54, 1.807) is 37.8 Å². The lowest BCUT2D eigenvalue weighted by molar-refractivity contribution is 0.169. The fourth-order valence-corrected chi connectivity index (χ4v) is 6.45. The summed E-state index contributed by atoms with van der Waals surface area (Å²) in [5.41, 5.74) is 8.21. The summed E-state index contributed by atoms with van der Waals surface area (Å²) in [6.07, 6.45) is 3.19. The van der Waals surface area contributed by atoms with Crippen LogP contribution in [0.1, 0.15) is 38.4 Å². The second kappa shape index (κ2) is 11.0. The van der Waals surface area contributed by atoms with Crippen molar-refractivity contribution in [2.75, 3.05) is 45.4 Å². The Morgan fingerprint density at radius 2 is 1.83 bits per heavy atom. The largest absolute Gasteiger partial charge is 0.481 e. The Hall–Kier alpha value is -2.85. The summed E-state index contributed by atoms with van der Waals surface area (Å²) in [5.74, 6) is 0.592. The smallest absolute Gasteiger partial charge is 0.344 e. The number of likely N-dealkylation sites (tertiary alicyclic amines) is 1. The van der Waals surface area contributed by atoms with Gasteiger partial charge in [-0.25, -0.2) is 9.97 Å². The molecule has 12 heteroatoms. The molecule has 2 N–H and O–H groups in total.